The predicted molar refractivity (Wildman–Crippen MR) is 73.0 cm³/mol. The Morgan fingerprint density at radius 1 is 1.50 bits per heavy atom. The van der Waals surface area contributed by atoms with E-state index in [2.05, 4.69) is 26.0 Å². The summed E-state index contributed by atoms with van der Waals surface area (Å²) in [5.74, 6) is -0.237. The van der Waals surface area contributed by atoms with Crippen LogP contribution in [0.2, 0.25) is 5.02 Å². The molecule has 2 heterocycles. The quantitative estimate of drug-likeness (QED) is 0.810. The molecule has 0 amide bonds. The molecule has 2 aromatic rings. The molecule has 0 saturated heterocycles. The summed E-state index contributed by atoms with van der Waals surface area (Å²) in [5.41, 5.74) is 0.702. The van der Waals surface area contributed by atoms with Crippen molar-refractivity contribution in [3.8, 4) is 0 Å². The van der Waals surface area contributed by atoms with Crippen molar-refractivity contribution in [2.24, 2.45) is 0 Å². The first-order valence-corrected chi connectivity index (χ1v) is 6.57. The SMILES string of the molecule is CC(C)n1ncc(Cl)c1C(=O)c1ncccc1Br. The van der Waals surface area contributed by atoms with Gasteiger partial charge in [0.2, 0.25) is 5.78 Å². The molecule has 0 N–H and O–H groups in total. The Balaban J connectivity index is 2.53. The van der Waals surface area contributed by atoms with Gasteiger partial charge in [-0.3, -0.25) is 14.5 Å². The summed E-state index contributed by atoms with van der Waals surface area (Å²) >= 11 is 9.35. The van der Waals surface area contributed by atoms with Gasteiger partial charge in [0.15, 0.2) is 0 Å². The van der Waals surface area contributed by atoms with Gasteiger partial charge in [-0.2, -0.15) is 5.10 Å². The minimum atomic E-state index is -0.237. The van der Waals surface area contributed by atoms with E-state index in [-0.39, 0.29) is 11.8 Å². The van der Waals surface area contributed by atoms with Crippen LogP contribution in [0.25, 0.3) is 0 Å². The molecule has 0 aliphatic rings. The van der Waals surface area contributed by atoms with Crippen molar-refractivity contribution < 1.29 is 4.79 Å². The van der Waals surface area contributed by atoms with Crippen LogP contribution in [0.15, 0.2) is 29.0 Å². The zero-order chi connectivity index (χ0) is 13.3. The highest BCUT2D eigenvalue weighted by atomic mass is 79.9. The van der Waals surface area contributed by atoms with Gasteiger partial charge in [0.1, 0.15) is 11.4 Å². The first-order chi connectivity index (χ1) is 8.52. The highest BCUT2D eigenvalue weighted by molar-refractivity contribution is 9.10. The molecule has 0 aliphatic heterocycles. The highest BCUT2D eigenvalue weighted by Crippen LogP contribution is 2.24. The maximum absolute atomic E-state index is 12.4. The van der Waals surface area contributed by atoms with Crippen molar-refractivity contribution in [1.82, 2.24) is 14.8 Å². The van der Waals surface area contributed by atoms with Crippen molar-refractivity contribution in [2.45, 2.75) is 19.9 Å². The molecule has 0 atom stereocenters. The normalized spacial score (nSPS) is 10.9. The smallest absolute Gasteiger partial charge is 0.232 e. The van der Waals surface area contributed by atoms with Gasteiger partial charge in [-0.1, -0.05) is 11.6 Å². The summed E-state index contributed by atoms with van der Waals surface area (Å²) < 4.78 is 2.24. The van der Waals surface area contributed by atoms with Gasteiger partial charge in [0, 0.05) is 16.7 Å². The van der Waals surface area contributed by atoms with Crippen LogP contribution in [0.4, 0.5) is 0 Å². The summed E-state index contributed by atoms with van der Waals surface area (Å²) in [5, 5.41) is 4.45. The molecule has 0 spiro atoms. The maximum Gasteiger partial charge on any atom is 0.232 e. The van der Waals surface area contributed by atoms with Gasteiger partial charge in [-0.25, -0.2) is 0 Å². The summed E-state index contributed by atoms with van der Waals surface area (Å²) in [6.07, 6.45) is 3.05. The van der Waals surface area contributed by atoms with E-state index in [0.29, 0.717) is 20.9 Å². The molecular weight excluding hydrogens is 318 g/mol. The maximum atomic E-state index is 12.4. The molecule has 0 unspecified atom stereocenters. The molecule has 6 heteroatoms. The number of halogens is 2. The summed E-state index contributed by atoms with van der Waals surface area (Å²) in [7, 11) is 0. The minimum absolute atomic E-state index is 0.0546. The summed E-state index contributed by atoms with van der Waals surface area (Å²) in [6, 6.07) is 3.57. The number of hydrogen-bond donors (Lipinski definition) is 0. The van der Waals surface area contributed by atoms with E-state index in [1.165, 1.54) is 6.20 Å². The molecule has 0 saturated carbocycles. The van der Waals surface area contributed by atoms with E-state index >= 15 is 0 Å². The van der Waals surface area contributed by atoms with E-state index in [0.717, 1.165) is 0 Å². The van der Waals surface area contributed by atoms with Crippen LogP contribution >= 0.6 is 27.5 Å². The lowest BCUT2D eigenvalue weighted by molar-refractivity contribution is 0.102. The van der Waals surface area contributed by atoms with E-state index in [4.69, 9.17) is 11.6 Å². The van der Waals surface area contributed by atoms with Crippen molar-refractivity contribution >= 4 is 33.3 Å². The van der Waals surface area contributed by atoms with Gasteiger partial charge in [-0.05, 0) is 41.9 Å². The summed E-state index contributed by atoms with van der Waals surface area (Å²) in [6.45, 7) is 3.88. The van der Waals surface area contributed by atoms with Gasteiger partial charge in [0.05, 0.1) is 11.2 Å². The fourth-order valence-electron chi connectivity index (χ4n) is 1.61. The standard InChI is InChI=1S/C12H11BrClN3O/c1-7(2)17-11(9(14)6-16-17)12(18)10-8(13)4-3-5-15-10/h3-7H,1-2H3. The fourth-order valence-corrected chi connectivity index (χ4v) is 2.26. The molecule has 0 fully saturated rings. The lowest BCUT2D eigenvalue weighted by atomic mass is 10.2. The first kappa shape index (κ1) is 13.2. The lowest BCUT2D eigenvalue weighted by Crippen LogP contribution is -2.15. The monoisotopic (exact) mass is 327 g/mol. The summed E-state index contributed by atoms with van der Waals surface area (Å²) in [4.78, 5) is 16.5. The topological polar surface area (TPSA) is 47.8 Å². The van der Waals surface area contributed by atoms with Crippen molar-refractivity contribution in [3.05, 3.63) is 45.4 Å². The predicted octanol–water partition coefficient (Wildman–Crippen LogP) is 3.51. The number of carbonyl (C=O) groups excluding carboxylic acids is 1. The third-order valence-electron chi connectivity index (χ3n) is 2.43. The van der Waals surface area contributed by atoms with E-state index < -0.39 is 0 Å². The number of nitrogens with zero attached hydrogens (tertiary/aromatic N) is 3. The average Bonchev–Trinajstić information content (AvgIpc) is 2.71. The first-order valence-electron chi connectivity index (χ1n) is 5.40. The van der Waals surface area contributed by atoms with Crippen LogP contribution in [-0.2, 0) is 0 Å². The second kappa shape index (κ2) is 5.20. The molecule has 4 nitrogen and oxygen atoms in total. The molecule has 18 heavy (non-hydrogen) atoms. The fraction of sp³-hybridized carbons (Fsp3) is 0.250. The molecule has 0 aliphatic carbocycles. The number of ketones is 1. The van der Waals surface area contributed by atoms with E-state index in [1.54, 1.807) is 23.0 Å². The number of rotatable bonds is 3. The molecule has 0 aromatic carbocycles. The van der Waals surface area contributed by atoms with Crippen LogP contribution in [0.5, 0.6) is 0 Å². The largest absolute Gasteiger partial charge is 0.285 e. The van der Waals surface area contributed by atoms with Crippen LogP contribution < -0.4 is 0 Å². The zero-order valence-electron chi connectivity index (χ0n) is 9.89. The number of aromatic nitrogens is 3. The average molecular weight is 329 g/mol. The second-order valence-corrected chi connectivity index (χ2v) is 5.30. The third kappa shape index (κ3) is 2.33. The highest BCUT2D eigenvalue weighted by Gasteiger charge is 2.23. The molecule has 94 valence electrons. The van der Waals surface area contributed by atoms with Crippen molar-refractivity contribution in [1.29, 1.82) is 0 Å². The number of carbonyl (C=O) groups is 1. The molecule has 2 rings (SSSR count). The Morgan fingerprint density at radius 2 is 2.22 bits per heavy atom. The molecular formula is C12H11BrClN3O. The van der Waals surface area contributed by atoms with Crippen LogP contribution in [-0.4, -0.2) is 20.5 Å². The number of pyridine rings is 1. The van der Waals surface area contributed by atoms with E-state index in [9.17, 15) is 4.79 Å². The molecule has 0 radical (unpaired) electrons. The van der Waals surface area contributed by atoms with Crippen LogP contribution in [0.1, 0.15) is 36.1 Å². The van der Waals surface area contributed by atoms with Gasteiger partial charge in [-0.15, -0.1) is 0 Å². The second-order valence-electron chi connectivity index (χ2n) is 4.04. The molecule has 2 aromatic heterocycles. The molecule has 0 bridgehead atoms. The van der Waals surface area contributed by atoms with Gasteiger partial charge < -0.3 is 0 Å². The van der Waals surface area contributed by atoms with E-state index in [1.807, 2.05) is 13.8 Å². The van der Waals surface area contributed by atoms with Gasteiger partial charge >= 0.3 is 0 Å². The Labute approximate surface area is 118 Å². The Bertz CT molecular complexity index is 595. The zero-order valence-corrected chi connectivity index (χ0v) is 12.2. The lowest BCUT2D eigenvalue weighted by Gasteiger charge is -2.10. The Hall–Kier alpha value is -1.20. The van der Waals surface area contributed by atoms with Crippen molar-refractivity contribution in [3.63, 3.8) is 0 Å². The van der Waals surface area contributed by atoms with Crippen LogP contribution in [0.3, 0.4) is 0 Å². The van der Waals surface area contributed by atoms with Crippen LogP contribution in [0, 0.1) is 0 Å². The number of hydrogen-bond acceptors (Lipinski definition) is 3. The Morgan fingerprint density at radius 3 is 2.83 bits per heavy atom. The third-order valence-corrected chi connectivity index (χ3v) is 3.35. The van der Waals surface area contributed by atoms with Crippen molar-refractivity contribution in [2.75, 3.05) is 0 Å². The minimum Gasteiger partial charge on any atom is -0.285 e. The van der Waals surface area contributed by atoms with Gasteiger partial charge in [0.25, 0.3) is 0 Å². The Kier molecular flexibility index (Phi) is 3.82.